The molecule has 3 unspecified atom stereocenters. The first-order valence-electron chi connectivity index (χ1n) is 5.61. The fourth-order valence-corrected chi connectivity index (χ4v) is 2.31. The molecule has 0 spiro atoms. The van der Waals surface area contributed by atoms with Gasteiger partial charge >= 0.3 is 5.97 Å². The topological polar surface area (TPSA) is 72.5 Å². The van der Waals surface area contributed by atoms with Gasteiger partial charge in [-0.15, -0.1) is 0 Å². The molecule has 0 aromatic heterocycles. The zero-order valence-corrected chi connectivity index (χ0v) is 9.48. The number of ether oxygens (including phenoxy) is 1. The van der Waals surface area contributed by atoms with Crippen molar-refractivity contribution in [2.75, 3.05) is 6.54 Å². The van der Waals surface area contributed by atoms with Crippen molar-refractivity contribution in [3.8, 4) is 0 Å². The standard InChI is InChI=1S/C11H21NO3/c1-7-3-8(2)5-9(4-7)15-11(14)10(13)6-12/h7-10,13H,3-6,12H2,1-2H3. The lowest BCUT2D eigenvalue weighted by molar-refractivity contribution is -0.161. The van der Waals surface area contributed by atoms with E-state index in [-0.39, 0.29) is 12.6 Å². The Hall–Kier alpha value is -0.610. The maximum Gasteiger partial charge on any atom is 0.336 e. The first-order chi connectivity index (χ1) is 7.02. The van der Waals surface area contributed by atoms with Crippen molar-refractivity contribution in [3.63, 3.8) is 0 Å². The predicted octanol–water partition coefficient (Wildman–Crippen LogP) is 0.674. The molecule has 3 N–H and O–H groups in total. The van der Waals surface area contributed by atoms with Gasteiger partial charge in [0.15, 0.2) is 6.10 Å². The summed E-state index contributed by atoms with van der Waals surface area (Å²) in [6, 6.07) is 0. The lowest BCUT2D eigenvalue weighted by Crippen LogP contribution is -2.36. The molecule has 88 valence electrons. The van der Waals surface area contributed by atoms with Gasteiger partial charge in [0, 0.05) is 6.54 Å². The molecule has 1 saturated carbocycles. The summed E-state index contributed by atoms with van der Waals surface area (Å²) in [5, 5.41) is 9.19. The van der Waals surface area contributed by atoms with E-state index in [1.807, 2.05) is 0 Å². The van der Waals surface area contributed by atoms with Gasteiger partial charge in [-0.2, -0.15) is 0 Å². The van der Waals surface area contributed by atoms with E-state index in [4.69, 9.17) is 10.5 Å². The van der Waals surface area contributed by atoms with Gasteiger partial charge in [0.25, 0.3) is 0 Å². The van der Waals surface area contributed by atoms with Crippen LogP contribution in [0.2, 0.25) is 0 Å². The Morgan fingerprint density at radius 1 is 1.40 bits per heavy atom. The summed E-state index contributed by atoms with van der Waals surface area (Å²) in [5.74, 6) is 0.590. The maximum atomic E-state index is 11.3. The number of carbonyl (C=O) groups is 1. The van der Waals surface area contributed by atoms with E-state index in [0.717, 1.165) is 12.8 Å². The van der Waals surface area contributed by atoms with Crippen LogP contribution in [-0.2, 0) is 9.53 Å². The summed E-state index contributed by atoms with van der Waals surface area (Å²) >= 11 is 0. The van der Waals surface area contributed by atoms with Crippen molar-refractivity contribution in [2.45, 2.75) is 45.3 Å². The van der Waals surface area contributed by atoms with E-state index in [1.165, 1.54) is 6.42 Å². The number of aliphatic hydroxyl groups excluding tert-OH is 1. The highest BCUT2D eigenvalue weighted by Gasteiger charge is 2.28. The molecule has 0 bridgehead atoms. The minimum absolute atomic E-state index is 0.0440. The molecule has 1 fully saturated rings. The Balaban J connectivity index is 2.40. The summed E-state index contributed by atoms with van der Waals surface area (Å²) < 4.78 is 5.22. The molecule has 1 rings (SSSR count). The lowest BCUT2D eigenvalue weighted by Gasteiger charge is -2.31. The molecule has 15 heavy (non-hydrogen) atoms. The molecular weight excluding hydrogens is 194 g/mol. The third kappa shape index (κ3) is 3.80. The van der Waals surface area contributed by atoms with Crippen LogP contribution in [0.5, 0.6) is 0 Å². The first-order valence-corrected chi connectivity index (χ1v) is 5.61. The molecule has 0 aliphatic heterocycles. The number of hydrogen-bond donors (Lipinski definition) is 2. The normalized spacial score (nSPS) is 33.5. The van der Waals surface area contributed by atoms with Crippen molar-refractivity contribution in [3.05, 3.63) is 0 Å². The smallest absolute Gasteiger partial charge is 0.336 e. The fraction of sp³-hybridized carbons (Fsp3) is 0.909. The van der Waals surface area contributed by atoms with Crippen LogP contribution in [0.4, 0.5) is 0 Å². The van der Waals surface area contributed by atoms with Gasteiger partial charge in [-0.05, 0) is 31.1 Å². The predicted molar refractivity (Wildman–Crippen MR) is 57.1 cm³/mol. The maximum absolute atomic E-state index is 11.3. The minimum atomic E-state index is -1.17. The molecule has 1 aliphatic rings. The summed E-state index contributed by atoms with van der Waals surface area (Å²) in [6.45, 7) is 4.25. The second-order valence-electron chi connectivity index (χ2n) is 4.73. The van der Waals surface area contributed by atoms with E-state index in [2.05, 4.69) is 13.8 Å². The SMILES string of the molecule is CC1CC(C)CC(OC(=O)C(O)CN)C1. The van der Waals surface area contributed by atoms with Crippen LogP contribution in [0.1, 0.15) is 33.1 Å². The lowest BCUT2D eigenvalue weighted by atomic mass is 9.82. The zero-order valence-electron chi connectivity index (χ0n) is 9.48. The van der Waals surface area contributed by atoms with Crippen molar-refractivity contribution < 1.29 is 14.6 Å². The number of nitrogens with two attached hydrogens (primary N) is 1. The highest BCUT2D eigenvalue weighted by Crippen LogP contribution is 2.30. The highest BCUT2D eigenvalue weighted by molar-refractivity contribution is 5.74. The van der Waals surface area contributed by atoms with Gasteiger partial charge in [-0.25, -0.2) is 4.79 Å². The summed E-state index contributed by atoms with van der Waals surface area (Å²) in [5.41, 5.74) is 5.18. The van der Waals surface area contributed by atoms with Crippen molar-refractivity contribution >= 4 is 5.97 Å². The second-order valence-corrected chi connectivity index (χ2v) is 4.73. The molecule has 4 nitrogen and oxygen atoms in total. The quantitative estimate of drug-likeness (QED) is 0.679. The van der Waals surface area contributed by atoms with Gasteiger partial charge in [0.1, 0.15) is 6.10 Å². The van der Waals surface area contributed by atoms with Gasteiger partial charge in [0.05, 0.1) is 0 Å². The number of carbonyl (C=O) groups excluding carboxylic acids is 1. The van der Waals surface area contributed by atoms with Crippen LogP contribution in [0.25, 0.3) is 0 Å². The van der Waals surface area contributed by atoms with E-state index in [0.29, 0.717) is 11.8 Å². The van der Waals surface area contributed by atoms with Gasteiger partial charge in [-0.3, -0.25) is 0 Å². The van der Waals surface area contributed by atoms with Gasteiger partial charge < -0.3 is 15.6 Å². The van der Waals surface area contributed by atoms with Crippen LogP contribution < -0.4 is 5.73 Å². The zero-order chi connectivity index (χ0) is 11.4. The Labute approximate surface area is 90.8 Å². The Kier molecular flexibility index (Phi) is 4.54. The number of rotatable bonds is 3. The van der Waals surface area contributed by atoms with E-state index in [9.17, 15) is 9.90 Å². The van der Waals surface area contributed by atoms with Crippen LogP contribution in [0, 0.1) is 11.8 Å². The molecule has 0 aromatic rings. The van der Waals surface area contributed by atoms with Crippen molar-refractivity contribution in [1.29, 1.82) is 0 Å². The molecule has 0 aromatic carbocycles. The Bertz CT molecular complexity index is 210. The molecule has 0 radical (unpaired) electrons. The summed E-state index contributed by atoms with van der Waals surface area (Å²) in [4.78, 5) is 11.3. The molecule has 0 saturated heterocycles. The third-order valence-electron chi connectivity index (χ3n) is 2.91. The molecule has 1 aliphatic carbocycles. The molecule has 4 heteroatoms. The largest absolute Gasteiger partial charge is 0.460 e. The van der Waals surface area contributed by atoms with E-state index < -0.39 is 12.1 Å². The molecule has 0 heterocycles. The van der Waals surface area contributed by atoms with Crippen molar-refractivity contribution in [1.82, 2.24) is 0 Å². The number of esters is 1. The van der Waals surface area contributed by atoms with E-state index in [1.54, 1.807) is 0 Å². The van der Waals surface area contributed by atoms with E-state index >= 15 is 0 Å². The number of hydrogen-bond acceptors (Lipinski definition) is 4. The Morgan fingerprint density at radius 3 is 2.40 bits per heavy atom. The number of aliphatic hydroxyl groups is 1. The summed E-state index contributed by atoms with van der Waals surface area (Å²) in [7, 11) is 0. The van der Waals surface area contributed by atoms with Crippen LogP contribution in [0.15, 0.2) is 0 Å². The molecular formula is C11H21NO3. The third-order valence-corrected chi connectivity index (χ3v) is 2.91. The van der Waals surface area contributed by atoms with Gasteiger partial charge in [-0.1, -0.05) is 13.8 Å². The Morgan fingerprint density at radius 2 is 1.93 bits per heavy atom. The average molecular weight is 215 g/mol. The second kappa shape index (κ2) is 5.47. The monoisotopic (exact) mass is 215 g/mol. The fourth-order valence-electron chi connectivity index (χ4n) is 2.31. The molecule has 3 atom stereocenters. The van der Waals surface area contributed by atoms with Crippen LogP contribution in [0.3, 0.4) is 0 Å². The highest BCUT2D eigenvalue weighted by atomic mass is 16.6. The average Bonchev–Trinajstić information content (AvgIpc) is 2.14. The molecule has 0 amide bonds. The van der Waals surface area contributed by atoms with Crippen molar-refractivity contribution in [2.24, 2.45) is 17.6 Å². The minimum Gasteiger partial charge on any atom is -0.460 e. The summed E-state index contributed by atoms with van der Waals surface area (Å²) in [6.07, 6.45) is 1.77. The van der Waals surface area contributed by atoms with Gasteiger partial charge in [0.2, 0.25) is 0 Å². The first kappa shape index (κ1) is 12.5. The van der Waals surface area contributed by atoms with Crippen LogP contribution in [-0.4, -0.2) is 29.8 Å². The van der Waals surface area contributed by atoms with Crippen LogP contribution >= 0.6 is 0 Å².